The van der Waals surface area contributed by atoms with Crippen molar-refractivity contribution in [3.63, 3.8) is 0 Å². The van der Waals surface area contributed by atoms with E-state index in [0.29, 0.717) is 37.6 Å². The van der Waals surface area contributed by atoms with Gasteiger partial charge in [-0.05, 0) is 18.2 Å². The number of anilines is 1. The Balaban J connectivity index is 1.58. The first-order valence-electron chi connectivity index (χ1n) is 11.1. The molecule has 1 aromatic carbocycles. The third kappa shape index (κ3) is 5.25. The molecule has 1 N–H and O–H groups in total. The van der Waals surface area contributed by atoms with Crippen LogP contribution >= 0.6 is 0 Å². The molecule has 12 nitrogen and oxygen atoms in total. The first-order valence-corrected chi connectivity index (χ1v) is 13.0. The maximum absolute atomic E-state index is 12.8. The number of amides is 1. The molecule has 0 spiro atoms. The van der Waals surface area contributed by atoms with Gasteiger partial charge in [0.05, 0.1) is 26.3 Å². The van der Waals surface area contributed by atoms with Crippen molar-refractivity contribution in [2.24, 2.45) is 14.1 Å². The van der Waals surface area contributed by atoms with Crippen molar-refractivity contribution in [2.45, 2.75) is 11.7 Å². The van der Waals surface area contributed by atoms with E-state index in [1.807, 2.05) is 4.90 Å². The summed E-state index contributed by atoms with van der Waals surface area (Å²) in [5.41, 5.74) is -0.183. The minimum atomic E-state index is -3.73. The number of nitrogens with zero attached hydrogens (tertiary/aromatic N) is 5. The molecule has 3 aromatic rings. The predicted molar refractivity (Wildman–Crippen MR) is 133 cm³/mol. The summed E-state index contributed by atoms with van der Waals surface area (Å²) < 4.78 is 32.7. The minimum Gasteiger partial charge on any atom is -0.379 e. The Morgan fingerprint density at radius 2 is 1.89 bits per heavy atom. The summed E-state index contributed by atoms with van der Waals surface area (Å²) in [6.45, 7) is 2.77. The van der Waals surface area contributed by atoms with Gasteiger partial charge in [-0.3, -0.25) is 23.6 Å². The van der Waals surface area contributed by atoms with Crippen LogP contribution in [-0.4, -0.2) is 77.0 Å². The number of imidazole rings is 1. The molecule has 13 heteroatoms. The number of nitrogens with one attached hydrogen (secondary N) is 1. The van der Waals surface area contributed by atoms with Gasteiger partial charge >= 0.3 is 5.69 Å². The highest BCUT2D eigenvalue weighted by Gasteiger charge is 2.23. The number of aryl methyl sites for hydroxylation is 1. The smallest absolute Gasteiger partial charge is 0.333 e. The third-order valence-electron chi connectivity index (χ3n) is 5.74. The maximum Gasteiger partial charge on any atom is 0.333 e. The Kier molecular flexibility index (Phi) is 7.11. The monoisotopic (exact) mass is 514 g/mol. The predicted octanol–water partition coefficient (Wildman–Crippen LogP) is -0.840. The van der Waals surface area contributed by atoms with Crippen LogP contribution in [0.15, 0.2) is 39.0 Å². The third-order valence-corrected chi connectivity index (χ3v) is 6.76. The molecule has 2 aromatic heterocycles. The lowest BCUT2D eigenvalue weighted by Gasteiger charge is -2.25. The van der Waals surface area contributed by atoms with Gasteiger partial charge in [-0.15, -0.1) is 0 Å². The summed E-state index contributed by atoms with van der Waals surface area (Å²) in [5, 5.41) is 2.54. The Hall–Kier alpha value is -3.73. The fourth-order valence-corrected chi connectivity index (χ4v) is 4.78. The van der Waals surface area contributed by atoms with E-state index in [9.17, 15) is 22.8 Å². The molecule has 1 fully saturated rings. The van der Waals surface area contributed by atoms with E-state index < -0.39 is 21.1 Å². The van der Waals surface area contributed by atoms with Crippen molar-refractivity contribution in [1.82, 2.24) is 23.6 Å². The SMILES string of the molecule is Cn1c(=O)c2c(nc(S(C)(=O)=O)n2C)n(CC#Cc2cccc(NC(=O)CN3CCOCC3)c2)c1=O. The molecule has 3 heterocycles. The molecule has 1 saturated heterocycles. The van der Waals surface area contributed by atoms with E-state index in [4.69, 9.17) is 4.74 Å². The van der Waals surface area contributed by atoms with Crippen molar-refractivity contribution in [3.05, 3.63) is 50.7 Å². The van der Waals surface area contributed by atoms with Gasteiger partial charge in [0, 0.05) is 44.7 Å². The van der Waals surface area contributed by atoms with Crippen molar-refractivity contribution in [1.29, 1.82) is 0 Å². The van der Waals surface area contributed by atoms with Crippen LogP contribution in [0.5, 0.6) is 0 Å². The molecule has 1 amide bonds. The van der Waals surface area contributed by atoms with Gasteiger partial charge in [0.1, 0.15) is 0 Å². The van der Waals surface area contributed by atoms with Gasteiger partial charge in [-0.2, -0.15) is 4.98 Å². The number of carbonyl (C=O) groups excluding carboxylic acids is 1. The van der Waals surface area contributed by atoms with Crippen LogP contribution in [0.3, 0.4) is 0 Å². The Morgan fingerprint density at radius 1 is 1.17 bits per heavy atom. The molecule has 190 valence electrons. The molecular weight excluding hydrogens is 488 g/mol. The largest absolute Gasteiger partial charge is 0.379 e. The van der Waals surface area contributed by atoms with Crippen LogP contribution in [0.25, 0.3) is 11.2 Å². The fraction of sp³-hybridized carbons (Fsp3) is 0.391. The Labute approximate surface area is 207 Å². The zero-order chi connectivity index (χ0) is 26.0. The zero-order valence-corrected chi connectivity index (χ0v) is 21.0. The maximum atomic E-state index is 12.8. The van der Waals surface area contributed by atoms with Crippen molar-refractivity contribution in [2.75, 3.05) is 44.4 Å². The van der Waals surface area contributed by atoms with E-state index in [1.165, 1.54) is 18.7 Å². The molecule has 0 bridgehead atoms. The number of carbonyl (C=O) groups is 1. The van der Waals surface area contributed by atoms with Crippen LogP contribution in [0.1, 0.15) is 5.56 Å². The average molecular weight is 515 g/mol. The number of morpholine rings is 1. The topological polar surface area (TPSA) is 138 Å². The summed E-state index contributed by atoms with van der Waals surface area (Å²) in [5.74, 6) is 5.67. The summed E-state index contributed by atoms with van der Waals surface area (Å²) in [4.78, 5) is 43.8. The number of sulfone groups is 1. The first-order chi connectivity index (χ1) is 17.1. The van der Waals surface area contributed by atoms with E-state index in [0.717, 1.165) is 15.4 Å². The molecule has 0 atom stereocenters. The van der Waals surface area contributed by atoms with Gasteiger partial charge in [0.25, 0.3) is 5.56 Å². The van der Waals surface area contributed by atoms with E-state index in [1.54, 1.807) is 24.3 Å². The first kappa shape index (κ1) is 25.4. The molecular formula is C23H26N6O6S. The standard InChI is InChI=1S/C23H26N6O6S/c1-26-19-20(25-22(26)36(3,33)34)29(23(32)27(2)21(19)31)9-5-7-16-6-4-8-17(14-16)24-18(30)15-28-10-12-35-13-11-28/h4,6,8,14H,9-13,15H2,1-3H3,(H,24,30). The van der Waals surface area contributed by atoms with Gasteiger partial charge in [0.15, 0.2) is 11.2 Å². The molecule has 36 heavy (non-hydrogen) atoms. The summed E-state index contributed by atoms with van der Waals surface area (Å²) in [7, 11) is -1.01. The van der Waals surface area contributed by atoms with E-state index in [-0.39, 0.29) is 35.3 Å². The number of hydrogen-bond donors (Lipinski definition) is 1. The van der Waals surface area contributed by atoms with Gasteiger partial charge in [0.2, 0.25) is 20.9 Å². The lowest BCUT2D eigenvalue weighted by molar-refractivity contribution is -0.118. The summed E-state index contributed by atoms with van der Waals surface area (Å²) in [6.07, 6.45) is 0.980. The molecule has 0 radical (unpaired) electrons. The van der Waals surface area contributed by atoms with Gasteiger partial charge in [-0.1, -0.05) is 17.9 Å². The molecule has 1 aliphatic rings. The highest BCUT2D eigenvalue weighted by molar-refractivity contribution is 7.90. The highest BCUT2D eigenvalue weighted by Crippen LogP contribution is 2.14. The zero-order valence-electron chi connectivity index (χ0n) is 20.1. The Morgan fingerprint density at radius 3 is 2.58 bits per heavy atom. The van der Waals surface area contributed by atoms with Crippen molar-refractivity contribution < 1.29 is 17.9 Å². The molecule has 4 rings (SSSR count). The molecule has 0 aliphatic carbocycles. The van der Waals surface area contributed by atoms with E-state index in [2.05, 4.69) is 22.1 Å². The van der Waals surface area contributed by atoms with Crippen LogP contribution in [-0.2, 0) is 40.0 Å². The van der Waals surface area contributed by atoms with Gasteiger partial charge in [-0.25, -0.2) is 13.2 Å². The number of fused-ring (bicyclic) bond motifs is 1. The lowest BCUT2D eigenvalue weighted by Crippen LogP contribution is -2.41. The van der Waals surface area contributed by atoms with E-state index >= 15 is 0 Å². The second-order valence-electron chi connectivity index (χ2n) is 8.45. The van der Waals surface area contributed by atoms with Gasteiger partial charge < -0.3 is 14.6 Å². The number of benzene rings is 1. The number of ether oxygens (including phenoxy) is 1. The summed E-state index contributed by atoms with van der Waals surface area (Å²) >= 11 is 0. The lowest BCUT2D eigenvalue weighted by atomic mass is 10.2. The molecule has 0 unspecified atom stereocenters. The Bertz CT molecular complexity index is 1620. The normalized spacial score (nSPS) is 14.4. The molecule has 1 aliphatic heterocycles. The van der Waals surface area contributed by atoms with Crippen molar-refractivity contribution in [3.8, 4) is 11.8 Å². The summed E-state index contributed by atoms with van der Waals surface area (Å²) in [6, 6.07) is 6.98. The number of aromatic nitrogens is 4. The van der Waals surface area contributed by atoms with Crippen molar-refractivity contribution >= 4 is 32.6 Å². The second kappa shape index (κ2) is 10.1. The fourth-order valence-electron chi connectivity index (χ4n) is 3.94. The van der Waals surface area contributed by atoms with Crippen LogP contribution < -0.4 is 16.6 Å². The van der Waals surface area contributed by atoms with Crippen LogP contribution in [0.4, 0.5) is 5.69 Å². The molecule has 0 saturated carbocycles. The number of hydrogen-bond acceptors (Lipinski definition) is 8. The van der Waals surface area contributed by atoms with Crippen LogP contribution in [0, 0.1) is 11.8 Å². The van der Waals surface area contributed by atoms with Crippen LogP contribution in [0.2, 0.25) is 0 Å². The number of rotatable bonds is 5. The second-order valence-corrected chi connectivity index (χ2v) is 10.4. The quantitative estimate of drug-likeness (QED) is 0.435. The highest BCUT2D eigenvalue weighted by atomic mass is 32.2. The minimum absolute atomic E-state index is 0.00990. The average Bonchev–Trinajstić information content (AvgIpc) is 3.18.